The Balaban J connectivity index is 1.82. The van der Waals surface area contributed by atoms with Gasteiger partial charge in [0.05, 0.1) is 19.0 Å². The van der Waals surface area contributed by atoms with Crippen molar-refractivity contribution in [3.05, 3.63) is 59.8 Å². The second-order valence-electron chi connectivity index (χ2n) is 5.24. The number of para-hydroxylation sites is 2. The first-order valence-electron chi connectivity index (χ1n) is 7.17. The Morgan fingerprint density at radius 3 is 2.77 bits per heavy atom. The molecule has 0 radical (unpaired) electrons. The van der Waals surface area contributed by atoms with Crippen LogP contribution in [-0.4, -0.2) is 18.0 Å². The fourth-order valence-corrected chi connectivity index (χ4v) is 2.58. The third kappa shape index (κ3) is 2.68. The van der Waals surface area contributed by atoms with Gasteiger partial charge in [0.2, 0.25) is 5.91 Å². The molecule has 0 bridgehead atoms. The molecule has 1 amide bonds. The number of hydrogen-bond acceptors (Lipinski definition) is 2. The summed E-state index contributed by atoms with van der Waals surface area (Å²) < 4.78 is 5.33. The number of anilines is 1. The van der Waals surface area contributed by atoms with Crippen molar-refractivity contribution in [3.8, 4) is 5.75 Å². The molecule has 0 aliphatic heterocycles. The quantitative estimate of drug-likeness (QED) is 0.771. The fourth-order valence-electron chi connectivity index (χ4n) is 2.58. The molecule has 112 valence electrons. The van der Waals surface area contributed by atoms with Crippen molar-refractivity contribution in [2.75, 3.05) is 12.4 Å². The Bertz CT molecular complexity index is 821. The van der Waals surface area contributed by atoms with E-state index in [1.54, 1.807) is 7.11 Å². The van der Waals surface area contributed by atoms with Gasteiger partial charge in [-0.25, -0.2) is 0 Å². The summed E-state index contributed by atoms with van der Waals surface area (Å²) >= 11 is 0. The molecule has 0 saturated carbocycles. The lowest BCUT2D eigenvalue weighted by Gasteiger charge is -2.07. The number of nitrogens with one attached hydrogen (secondary N) is 2. The maximum Gasteiger partial charge on any atom is 0.228 e. The maximum absolute atomic E-state index is 12.3. The Morgan fingerprint density at radius 1 is 1.18 bits per heavy atom. The topological polar surface area (TPSA) is 54.1 Å². The van der Waals surface area contributed by atoms with Crippen LogP contribution in [0.15, 0.2) is 48.7 Å². The summed E-state index contributed by atoms with van der Waals surface area (Å²) in [6.07, 6.45) is 2.19. The SMILES string of the molecule is COc1cccc2c(CC(=O)Nc3ccccc3C)c[nH]c12. The number of carbonyl (C=O) groups excluding carboxylic acids is 1. The highest BCUT2D eigenvalue weighted by Crippen LogP contribution is 2.27. The summed E-state index contributed by atoms with van der Waals surface area (Å²) in [5.74, 6) is 0.751. The molecule has 0 saturated heterocycles. The largest absolute Gasteiger partial charge is 0.495 e. The summed E-state index contributed by atoms with van der Waals surface area (Å²) in [6.45, 7) is 1.98. The summed E-state index contributed by atoms with van der Waals surface area (Å²) in [5.41, 5.74) is 3.78. The van der Waals surface area contributed by atoms with E-state index in [0.29, 0.717) is 6.42 Å². The van der Waals surface area contributed by atoms with Gasteiger partial charge in [-0.2, -0.15) is 0 Å². The zero-order valence-electron chi connectivity index (χ0n) is 12.6. The first kappa shape index (κ1) is 14.2. The van der Waals surface area contributed by atoms with Gasteiger partial charge in [0, 0.05) is 17.3 Å². The molecule has 4 nitrogen and oxygen atoms in total. The van der Waals surface area contributed by atoms with E-state index in [-0.39, 0.29) is 5.91 Å². The second kappa shape index (κ2) is 5.93. The molecule has 1 heterocycles. The molecule has 22 heavy (non-hydrogen) atoms. The number of amides is 1. The lowest BCUT2D eigenvalue weighted by Crippen LogP contribution is -2.14. The van der Waals surface area contributed by atoms with Crippen molar-refractivity contribution >= 4 is 22.5 Å². The first-order chi connectivity index (χ1) is 10.7. The number of methoxy groups -OCH3 is 1. The average molecular weight is 294 g/mol. The van der Waals surface area contributed by atoms with Gasteiger partial charge in [0.1, 0.15) is 5.75 Å². The maximum atomic E-state index is 12.3. The van der Waals surface area contributed by atoms with Crippen LogP contribution in [0.25, 0.3) is 10.9 Å². The van der Waals surface area contributed by atoms with Crippen molar-refractivity contribution in [1.29, 1.82) is 0 Å². The number of benzene rings is 2. The molecular formula is C18H18N2O2. The Kier molecular flexibility index (Phi) is 3.83. The number of H-pyrrole nitrogens is 1. The predicted octanol–water partition coefficient (Wildman–Crippen LogP) is 3.67. The molecule has 0 unspecified atom stereocenters. The van der Waals surface area contributed by atoms with Crippen LogP contribution in [0, 0.1) is 6.92 Å². The number of hydrogen-bond donors (Lipinski definition) is 2. The van der Waals surface area contributed by atoms with Crippen LogP contribution < -0.4 is 10.1 Å². The minimum absolute atomic E-state index is 0.0296. The van der Waals surface area contributed by atoms with Crippen LogP contribution in [0.3, 0.4) is 0 Å². The van der Waals surface area contributed by atoms with Crippen LogP contribution in [0.5, 0.6) is 5.75 Å². The predicted molar refractivity (Wildman–Crippen MR) is 88.4 cm³/mol. The van der Waals surface area contributed by atoms with Crippen molar-refractivity contribution in [2.24, 2.45) is 0 Å². The van der Waals surface area contributed by atoms with Crippen molar-refractivity contribution in [3.63, 3.8) is 0 Å². The lowest BCUT2D eigenvalue weighted by atomic mass is 10.1. The van der Waals surface area contributed by atoms with E-state index in [1.165, 1.54) is 0 Å². The van der Waals surface area contributed by atoms with Gasteiger partial charge in [-0.15, -0.1) is 0 Å². The van der Waals surface area contributed by atoms with Crippen molar-refractivity contribution in [2.45, 2.75) is 13.3 Å². The molecular weight excluding hydrogens is 276 g/mol. The highest BCUT2D eigenvalue weighted by Gasteiger charge is 2.12. The number of carbonyl (C=O) groups is 1. The van der Waals surface area contributed by atoms with Gasteiger partial charge < -0.3 is 15.0 Å². The monoisotopic (exact) mass is 294 g/mol. The third-order valence-electron chi connectivity index (χ3n) is 3.75. The average Bonchev–Trinajstić information content (AvgIpc) is 2.92. The number of fused-ring (bicyclic) bond motifs is 1. The zero-order valence-corrected chi connectivity index (χ0v) is 12.6. The molecule has 4 heteroatoms. The second-order valence-corrected chi connectivity index (χ2v) is 5.24. The highest BCUT2D eigenvalue weighted by molar-refractivity contribution is 5.97. The smallest absolute Gasteiger partial charge is 0.228 e. The molecule has 2 N–H and O–H groups in total. The Morgan fingerprint density at radius 2 is 2.00 bits per heavy atom. The molecule has 3 aromatic rings. The normalized spacial score (nSPS) is 10.6. The van der Waals surface area contributed by atoms with E-state index in [0.717, 1.165) is 33.5 Å². The van der Waals surface area contributed by atoms with Gasteiger partial charge >= 0.3 is 0 Å². The summed E-state index contributed by atoms with van der Waals surface area (Å²) in [6, 6.07) is 13.6. The van der Waals surface area contributed by atoms with Crippen molar-refractivity contribution in [1.82, 2.24) is 4.98 Å². The molecule has 0 fully saturated rings. The zero-order chi connectivity index (χ0) is 15.5. The standard InChI is InChI=1S/C18H18N2O2/c1-12-6-3-4-8-15(12)20-17(21)10-13-11-19-18-14(13)7-5-9-16(18)22-2/h3-9,11,19H,10H2,1-2H3,(H,20,21). The van der Waals surface area contributed by atoms with Gasteiger partial charge in [-0.1, -0.05) is 30.3 Å². The first-order valence-corrected chi connectivity index (χ1v) is 7.17. The van der Waals surface area contributed by atoms with E-state index in [4.69, 9.17) is 4.74 Å². The van der Waals surface area contributed by atoms with Crippen molar-refractivity contribution < 1.29 is 9.53 Å². The highest BCUT2D eigenvalue weighted by atomic mass is 16.5. The van der Waals surface area contributed by atoms with Gasteiger partial charge in [-0.3, -0.25) is 4.79 Å². The number of aryl methyl sites for hydroxylation is 1. The Labute approximate surface area is 129 Å². The molecule has 3 rings (SSSR count). The van der Waals surface area contributed by atoms with E-state index in [9.17, 15) is 4.79 Å². The van der Waals surface area contributed by atoms with Crippen LogP contribution >= 0.6 is 0 Å². The van der Waals surface area contributed by atoms with Gasteiger partial charge in [0.15, 0.2) is 0 Å². The molecule has 0 atom stereocenters. The summed E-state index contributed by atoms with van der Waals surface area (Å²) in [5, 5.41) is 3.97. The van der Waals surface area contributed by atoms with Crippen LogP contribution in [-0.2, 0) is 11.2 Å². The third-order valence-corrected chi connectivity index (χ3v) is 3.75. The molecule has 1 aromatic heterocycles. The number of rotatable bonds is 4. The van der Waals surface area contributed by atoms with Crippen LogP contribution in [0.4, 0.5) is 5.69 Å². The molecule has 0 spiro atoms. The minimum atomic E-state index is -0.0296. The molecule has 0 aliphatic carbocycles. The van der Waals surface area contributed by atoms with Gasteiger partial charge in [0.25, 0.3) is 0 Å². The number of ether oxygens (including phenoxy) is 1. The van der Waals surface area contributed by atoms with Gasteiger partial charge in [-0.05, 0) is 30.2 Å². The molecule has 0 aliphatic rings. The minimum Gasteiger partial charge on any atom is -0.495 e. The lowest BCUT2D eigenvalue weighted by molar-refractivity contribution is -0.115. The number of aromatic amines is 1. The van der Waals surface area contributed by atoms with Crippen LogP contribution in [0.1, 0.15) is 11.1 Å². The van der Waals surface area contributed by atoms with E-state index in [1.807, 2.05) is 55.6 Å². The molecule has 2 aromatic carbocycles. The van der Waals surface area contributed by atoms with E-state index >= 15 is 0 Å². The Hall–Kier alpha value is -2.75. The summed E-state index contributed by atoms with van der Waals surface area (Å²) in [7, 11) is 1.64. The summed E-state index contributed by atoms with van der Waals surface area (Å²) in [4.78, 5) is 15.5. The number of aromatic nitrogens is 1. The van der Waals surface area contributed by atoms with E-state index in [2.05, 4.69) is 10.3 Å². The van der Waals surface area contributed by atoms with E-state index < -0.39 is 0 Å². The van der Waals surface area contributed by atoms with Crippen LogP contribution in [0.2, 0.25) is 0 Å². The fraction of sp³-hybridized carbons (Fsp3) is 0.167.